The van der Waals surface area contributed by atoms with Gasteiger partial charge in [0.25, 0.3) is 0 Å². The fraction of sp³-hybridized carbons (Fsp3) is 0.318. The fourth-order valence-electron chi connectivity index (χ4n) is 2.98. The van der Waals surface area contributed by atoms with Gasteiger partial charge in [0, 0.05) is 28.7 Å². The minimum Gasteiger partial charge on any atom is -0.493 e. The molecule has 1 heterocycles. The number of benzene rings is 2. The van der Waals surface area contributed by atoms with Gasteiger partial charge in [-0.1, -0.05) is 35.0 Å². The molecule has 0 fully saturated rings. The maximum Gasteiger partial charge on any atom is 0.234 e. The van der Waals surface area contributed by atoms with Gasteiger partial charge < -0.3 is 14.6 Å². The molecule has 0 radical (unpaired) electrons. The van der Waals surface area contributed by atoms with Gasteiger partial charge in [-0.2, -0.15) is 0 Å². The molecule has 0 spiro atoms. The maximum absolute atomic E-state index is 12.2. The van der Waals surface area contributed by atoms with Crippen LogP contribution in [0, 0.1) is 6.92 Å². The van der Waals surface area contributed by atoms with E-state index >= 15 is 0 Å². The van der Waals surface area contributed by atoms with Crippen LogP contribution in [0.5, 0.6) is 5.75 Å². The van der Waals surface area contributed by atoms with E-state index in [0.717, 1.165) is 41.7 Å². The molecule has 0 aliphatic rings. The van der Waals surface area contributed by atoms with Gasteiger partial charge in [0.1, 0.15) is 11.6 Å². The number of rotatable bonds is 10. The first kappa shape index (κ1) is 23.4. The normalized spacial score (nSPS) is 10.8. The predicted molar refractivity (Wildman–Crippen MR) is 127 cm³/mol. The van der Waals surface area contributed by atoms with Crippen molar-refractivity contribution in [3.63, 3.8) is 0 Å². The SMILES string of the molecule is CCn1c(CCCOc2ccc(Cl)cc2C)nnc1SCC(=O)Nc1ccc(Cl)cc1. The number of aryl methyl sites for hydroxylation is 2. The molecule has 0 bridgehead atoms. The van der Waals surface area contributed by atoms with Crippen LogP contribution < -0.4 is 10.1 Å². The van der Waals surface area contributed by atoms with Crippen molar-refractivity contribution in [2.24, 2.45) is 0 Å². The molecule has 31 heavy (non-hydrogen) atoms. The first-order chi connectivity index (χ1) is 15.0. The third kappa shape index (κ3) is 6.89. The maximum atomic E-state index is 12.2. The Morgan fingerprint density at radius 2 is 1.87 bits per heavy atom. The molecule has 2 aromatic carbocycles. The Bertz CT molecular complexity index is 1020. The van der Waals surface area contributed by atoms with Gasteiger partial charge >= 0.3 is 0 Å². The fourth-order valence-corrected chi connectivity index (χ4v) is 4.15. The van der Waals surface area contributed by atoms with Crippen LogP contribution >= 0.6 is 35.0 Å². The quantitative estimate of drug-likeness (QED) is 0.300. The summed E-state index contributed by atoms with van der Waals surface area (Å²) in [4.78, 5) is 12.2. The summed E-state index contributed by atoms with van der Waals surface area (Å²) in [5.41, 5.74) is 1.73. The molecule has 3 rings (SSSR count). The van der Waals surface area contributed by atoms with E-state index in [0.29, 0.717) is 22.3 Å². The monoisotopic (exact) mass is 478 g/mol. The number of halogens is 2. The zero-order valence-electron chi connectivity index (χ0n) is 17.4. The second-order valence-electron chi connectivity index (χ2n) is 6.85. The highest BCUT2D eigenvalue weighted by atomic mass is 35.5. The summed E-state index contributed by atoms with van der Waals surface area (Å²) in [6, 6.07) is 12.6. The second kappa shape index (κ2) is 11.4. The molecule has 164 valence electrons. The van der Waals surface area contributed by atoms with Gasteiger partial charge in [-0.15, -0.1) is 10.2 Å². The van der Waals surface area contributed by atoms with E-state index in [9.17, 15) is 4.79 Å². The molecule has 0 aliphatic carbocycles. The number of hydrogen-bond acceptors (Lipinski definition) is 5. The number of hydrogen-bond donors (Lipinski definition) is 1. The van der Waals surface area contributed by atoms with E-state index in [-0.39, 0.29) is 11.7 Å². The van der Waals surface area contributed by atoms with Gasteiger partial charge in [-0.25, -0.2) is 0 Å². The molecular formula is C22H24Cl2N4O2S. The van der Waals surface area contributed by atoms with Crippen molar-refractivity contribution in [1.82, 2.24) is 14.8 Å². The molecule has 3 aromatic rings. The van der Waals surface area contributed by atoms with Gasteiger partial charge in [0.15, 0.2) is 5.16 Å². The molecular weight excluding hydrogens is 455 g/mol. The van der Waals surface area contributed by atoms with Crippen LogP contribution in [0.4, 0.5) is 5.69 Å². The van der Waals surface area contributed by atoms with E-state index in [1.165, 1.54) is 11.8 Å². The van der Waals surface area contributed by atoms with Crippen molar-refractivity contribution in [2.45, 2.75) is 38.4 Å². The zero-order valence-corrected chi connectivity index (χ0v) is 19.7. The Balaban J connectivity index is 1.48. The van der Waals surface area contributed by atoms with E-state index in [1.807, 2.05) is 36.6 Å². The highest BCUT2D eigenvalue weighted by Crippen LogP contribution is 2.22. The summed E-state index contributed by atoms with van der Waals surface area (Å²) in [5, 5.41) is 13.5. The minimum absolute atomic E-state index is 0.105. The highest BCUT2D eigenvalue weighted by Gasteiger charge is 2.13. The Hall–Kier alpha value is -2.22. The average Bonchev–Trinajstić information content (AvgIpc) is 3.14. The minimum atomic E-state index is -0.105. The number of nitrogens with one attached hydrogen (secondary N) is 1. The third-order valence-corrected chi connectivity index (χ3v) is 5.96. The number of ether oxygens (including phenoxy) is 1. The molecule has 1 N–H and O–H groups in total. The van der Waals surface area contributed by atoms with Gasteiger partial charge in [-0.3, -0.25) is 4.79 Å². The summed E-state index contributed by atoms with van der Waals surface area (Å²) < 4.78 is 7.89. The molecule has 0 unspecified atom stereocenters. The van der Waals surface area contributed by atoms with Gasteiger partial charge in [0.05, 0.1) is 12.4 Å². The topological polar surface area (TPSA) is 69.0 Å². The van der Waals surface area contributed by atoms with E-state index < -0.39 is 0 Å². The van der Waals surface area contributed by atoms with Crippen LogP contribution in [0.25, 0.3) is 0 Å². The van der Waals surface area contributed by atoms with Crippen LogP contribution in [-0.2, 0) is 17.8 Å². The highest BCUT2D eigenvalue weighted by molar-refractivity contribution is 7.99. The van der Waals surface area contributed by atoms with E-state index in [4.69, 9.17) is 27.9 Å². The van der Waals surface area contributed by atoms with Crippen LogP contribution in [0.15, 0.2) is 47.6 Å². The molecule has 6 nitrogen and oxygen atoms in total. The number of nitrogens with zero attached hydrogens (tertiary/aromatic N) is 3. The van der Waals surface area contributed by atoms with Crippen LogP contribution in [0.3, 0.4) is 0 Å². The van der Waals surface area contributed by atoms with Crippen molar-refractivity contribution < 1.29 is 9.53 Å². The summed E-state index contributed by atoms with van der Waals surface area (Å²) in [6.45, 7) is 5.32. The summed E-state index contributed by atoms with van der Waals surface area (Å²) in [7, 11) is 0. The van der Waals surface area contributed by atoms with Gasteiger partial charge in [0.2, 0.25) is 5.91 Å². The zero-order chi connectivity index (χ0) is 22.2. The Morgan fingerprint density at radius 3 is 2.58 bits per heavy atom. The van der Waals surface area contributed by atoms with Crippen LogP contribution in [0.1, 0.15) is 24.7 Å². The first-order valence-electron chi connectivity index (χ1n) is 9.95. The van der Waals surface area contributed by atoms with E-state index in [2.05, 4.69) is 15.5 Å². The third-order valence-electron chi connectivity index (χ3n) is 4.51. The number of amides is 1. The smallest absolute Gasteiger partial charge is 0.234 e. The van der Waals surface area contributed by atoms with Crippen molar-refractivity contribution in [1.29, 1.82) is 0 Å². The van der Waals surface area contributed by atoms with Gasteiger partial charge in [-0.05, 0) is 68.3 Å². The van der Waals surface area contributed by atoms with Crippen molar-refractivity contribution >= 4 is 46.6 Å². The Morgan fingerprint density at radius 1 is 1.13 bits per heavy atom. The molecule has 1 aromatic heterocycles. The molecule has 0 aliphatic heterocycles. The summed E-state index contributed by atoms with van der Waals surface area (Å²) >= 11 is 13.2. The summed E-state index contributed by atoms with van der Waals surface area (Å²) in [5.74, 6) is 1.87. The lowest BCUT2D eigenvalue weighted by atomic mass is 10.2. The molecule has 1 amide bonds. The second-order valence-corrected chi connectivity index (χ2v) is 8.66. The lowest BCUT2D eigenvalue weighted by molar-refractivity contribution is -0.113. The van der Waals surface area contributed by atoms with Crippen molar-refractivity contribution in [3.05, 3.63) is 63.9 Å². The Kier molecular flexibility index (Phi) is 8.63. The molecule has 0 atom stereocenters. The standard InChI is InChI=1S/C22H24Cl2N4O2S/c1-3-28-20(5-4-12-30-19-11-8-17(24)13-15(19)2)26-27-22(28)31-14-21(29)25-18-9-6-16(23)7-10-18/h6-11,13H,3-5,12,14H2,1-2H3,(H,25,29). The number of thioether (sulfide) groups is 1. The predicted octanol–water partition coefficient (Wildman–Crippen LogP) is 5.66. The van der Waals surface area contributed by atoms with E-state index in [1.54, 1.807) is 24.3 Å². The molecule has 0 saturated carbocycles. The lowest BCUT2D eigenvalue weighted by Gasteiger charge is -2.10. The van der Waals surface area contributed by atoms with Crippen molar-refractivity contribution in [2.75, 3.05) is 17.7 Å². The first-order valence-corrected chi connectivity index (χ1v) is 11.7. The molecule has 9 heteroatoms. The number of anilines is 1. The number of carbonyl (C=O) groups is 1. The molecule has 0 saturated heterocycles. The van der Waals surface area contributed by atoms with Crippen LogP contribution in [0.2, 0.25) is 10.0 Å². The van der Waals surface area contributed by atoms with Crippen molar-refractivity contribution in [3.8, 4) is 5.75 Å². The lowest BCUT2D eigenvalue weighted by Crippen LogP contribution is -2.14. The largest absolute Gasteiger partial charge is 0.493 e. The summed E-state index contributed by atoms with van der Waals surface area (Å²) in [6.07, 6.45) is 1.55. The number of aromatic nitrogens is 3. The number of carbonyl (C=O) groups excluding carboxylic acids is 1. The van der Waals surface area contributed by atoms with Crippen LogP contribution in [-0.4, -0.2) is 33.0 Å². The average molecular weight is 479 g/mol. The Labute approximate surface area is 196 Å².